The fourth-order valence-electron chi connectivity index (χ4n) is 3.77. The Bertz CT molecular complexity index is 1150. The minimum absolute atomic E-state index is 0.00615. The summed E-state index contributed by atoms with van der Waals surface area (Å²) in [6, 6.07) is 8.67. The van der Waals surface area contributed by atoms with E-state index in [-0.39, 0.29) is 16.6 Å². The highest BCUT2D eigenvalue weighted by molar-refractivity contribution is 7.90. The van der Waals surface area contributed by atoms with Crippen molar-refractivity contribution in [2.24, 2.45) is 7.05 Å². The number of benzene rings is 1. The van der Waals surface area contributed by atoms with E-state index in [1.807, 2.05) is 10.6 Å². The molecule has 1 aliphatic rings. The zero-order valence-corrected chi connectivity index (χ0v) is 16.2. The summed E-state index contributed by atoms with van der Waals surface area (Å²) in [6.45, 7) is 0. The Morgan fingerprint density at radius 2 is 1.78 bits per heavy atom. The number of hydrogen-bond donors (Lipinski definition) is 1. The first-order chi connectivity index (χ1) is 12.8. The van der Waals surface area contributed by atoms with Crippen molar-refractivity contribution in [2.45, 2.75) is 36.6 Å². The standard InChI is InChI=1S/C19H22N4O3S/c1-22-17-12-20-18(21-13-7-9-15(10-8-13)27(2,25)26)11-16(17)23(19(22)24)14-5-3-4-6-14/h7-12,14H,3-6H2,1-2H3,(H,20,21). The number of nitrogens with zero attached hydrogens (tertiary/aromatic N) is 3. The van der Waals surface area contributed by atoms with Crippen molar-refractivity contribution in [3.63, 3.8) is 0 Å². The van der Waals surface area contributed by atoms with Gasteiger partial charge in [-0.25, -0.2) is 18.2 Å². The molecule has 27 heavy (non-hydrogen) atoms. The lowest BCUT2D eigenvalue weighted by Crippen LogP contribution is -2.24. The lowest BCUT2D eigenvalue weighted by molar-refractivity contribution is 0.509. The van der Waals surface area contributed by atoms with Crippen molar-refractivity contribution in [2.75, 3.05) is 11.6 Å². The van der Waals surface area contributed by atoms with E-state index in [2.05, 4.69) is 10.3 Å². The smallest absolute Gasteiger partial charge is 0.329 e. The first-order valence-corrected chi connectivity index (χ1v) is 10.9. The number of rotatable bonds is 4. The third-order valence-corrected chi connectivity index (χ3v) is 6.35. The monoisotopic (exact) mass is 386 g/mol. The first kappa shape index (κ1) is 17.8. The molecule has 142 valence electrons. The molecule has 0 amide bonds. The summed E-state index contributed by atoms with van der Waals surface area (Å²) >= 11 is 0. The van der Waals surface area contributed by atoms with Crippen LogP contribution in [-0.2, 0) is 16.9 Å². The van der Waals surface area contributed by atoms with E-state index < -0.39 is 9.84 Å². The van der Waals surface area contributed by atoms with Crippen LogP contribution < -0.4 is 11.0 Å². The van der Waals surface area contributed by atoms with Crippen LogP contribution in [-0.4, -0.2) is 28.8 Å². The van der Waals surface area contributed by atoms with E-state index in [0.717, 1.165) is 42.4 Å². The molecule has 2 aromatic heterocycles. The number of nitrogens with one attached hydrogen (secondary N) is 1. The van der Waals surface area contributed by atoms with Crippen LogP contribution in [0.15, 0.2) is 46.2 Å². The molecule has 1 N–H and O–H groups in total. The van der Waals surface area contributed by atoms with E-state index in [4.69, 9.17) is 0 Å². The number of pyridine rings is 1. The summed E-state index contributed by atoms with van der Waals surface area (Å²) in [5, 5.41) is 3.19. The number of aryl methyl sites for hydroxylation is 1. The summed E-state index contributed by atoms with van der Waals surface area (Å²) in [7, 11) is -1.45. The van der Waals surface area contributed by atoms with Gasteiger partial charge in [0.25, 0.3) is 0 Å². The van der Waals surface area contributed by atoms with Gasteiger partial charge in [0.2, 0.25) is 0 Å². The van der Waals surface area contributed by atoms with Gasteiger partial charge in [-0.05, 0) is 37.1 Å². The highest BCUT2D eigenvalue weighted by Gasteiger charge is 2.23. The Kier molecular flexibility index (Phi) is 4.30. The topological polar surface area (TPSA) is 86.0 Å². The van der Waals surface area contributed by atoms with Gasteiger partial charge in [-0.3, -0.25) is 9.13 Å². The predicted molar refractivity (Wildman–Crippen MR) is 105 cm³/mol. The van der Waals surface area contributed by atoms with Gasteiger partial charge in [-0.1, -0.05) is 12.8 Å². The SMILES string of the molecule is Cn1c(=O)n(C2CCCC2)c2cc(Nc3ccc(S(C)(=O)=O)cc3)ncc21. The van der Waals surface area contributed by atoms with Crippen LogP contribution in [0.25, 0.3) is 11.0 Å². The van der Waals surface area contributed by atoms with E-state index in [1.165, 1.54) is 6.26 Å². The summed E-state index contributed by atoms with van der Waals surface area (Å²) < 4.78 is 26.7. The maximum atomic E-state index is 12.7. The Balaban J connectivity index is 1.71. The third kappa shape index (κ3) is 3.25. The lowest BCUT2D eigenvalue weighted by Gasteiger charge is -2.12. The minimum Gasteiger partial charge on any atom is -0.340 e. The third-order valence-electron chi connectivity index (χ3n) is 5.22. The largest absolute Gasteiger partial charge is 0.340 e. The van der Waals surface area contributed by atoms with Crippen molar-refractivity contribution in [3.05, 3.63) is 47.0 Å². The maximum absolute atomic E-state index is 12.7. The molecule has 1 aromatic carbocycles. The lowest BCUT2D eigenvalue weighted by atomic mass is 10.2. The average Bonchev–Trinajstić information content (AvgIpc) is 3.22. The molecule has 0 unspecified atom stereocenters. The molecule has 0 bridgehead atoms. The zero-order valence-electron chi connectivity index (χ0n) is 15.3. The van der Waals surface area contributed by atoms with Crippen LogP contribution >= 0.6 is 0 Å². The van der Waals surface area contributed by atoms with Crippen molar-refractivity contribution < 1.29 is 8.42 Å². The number of imidazole rings is 1. The molecule has 3 aromatic rings. The van der Waals surface area contributed by atoms with Gasteiger partial charge in [-0.2, -0.15) is 0 Å². The number of aromatic nitrogens is 3. The van der Waals surface area contributed by atoms with Crippen LogP contribution in [0.4, 0.5) is 11.5 Å². The summed E-state index contributed by atoms with van der Waals surface area (Å²) in [5.41, 5.74) is 2.41. The van der Waals surface area contributed by atoms with Gasteiger partial charge in [0.1, 0.15) is 5.82 Å². The highest BCUT2D eigenvalue weighted by atomic mass is 32.2. The highest BCUT2D eigenvalue weighted by Crippen LogP contribution is 2.31. The van der Waals surface area contributed by atoms with Gasteiger partial charge in [0.05, 0.1) is 22.1 Å². The molecule has 1 saturated carbocycles. The number of anilines is 2. The molecule has 0 saturated heterocycles. The van der Waals surface area contributed by atoms with Gasteiger partial charge in [0, 0.05) is 31.1 Å². The first-order valence-electron chi connectivity index (χ1n) is 8.99. The van der Waals surface area contributed by atoms with Crippen LogP contribution in [0, 0.1) is 0 Å². The molecule has 2 heterocycles. The predicted octanol–water partition coefficient (Wildman–Crippen LogP) is 3.00. The van der Waals surface area contributed by atoms with Crippen molar-refractivity contribution in [1.82, 2.24) is 14.1 Å². The van der Waals surface area contributed by atoms with E-state index in [9.17, 15) is 13.2 Å². The van der Waals surface area contributed by atoms with Crippen LogP contribution in [0.5, 0.6) is 0 Å². The zero-order chi connectivity index (χ0) is 19.2. The maximum Gasteiger partial charge on any atom is 0.329 e. The van der Waals surface area contributed by atoms with Crippen LogP contribution in [0.3, 0.4) is 0 Å². The summed E-state index contributed by atoms with van der Waals surface area (Å²) in [5.74, 6) is 0.618. The average molecular weight is 386 g/mol. The van der Waals surface area contributed by atoms with Crippen molar-refractivity contribution in [3.8, 4) is 0 Å². The quantitative estimate of drug-likeness (QED) is 0.745. The molecule has 4 rings (SSSR count). The van der Waals surface area contributed by atoms with Crippen LogP contribution in [0.1, 0.15) is 31.7 Å². The Morgan fingerprint density at radius 1 is 1.11 bits per heavy atom. The molecule has 0 atom stereocenters. The second-order valence-electron chi connectivity index (χ2n) is 7.13. The number of fused-ring (bicyclic) bond motifs is 1. The van der Waals surface area contributed by atoms with Crippen LogP contribution in [0.2, 0.25) is 0 Å². The second kappa shape index (κ2) is 6.53. The molecule has 0 radical (unpaired) electrons. The molecule has 8 heteroatoms. The van der Waals surface area contributed by atoms with Gasteiger partial charge in [0.15, 0.2) is 9.84 Å². The minimum atomic E-state index is -3.22. The van der Waals surface area contributed by atoms with Gasteiger partial charge < -0.3 is 5.32 Å². The second-order valence-corrected chi connectivity index (χ2v) is 9.15. The molecule has 7 nitrogen and oxygen atoms in total. The molecular formula is C19H22N4O3S. The Morgan fingerprint density at radius 3 is 2.41 bits per heavy atom. The fraction of sp³-hybridized carbons (Fsp3) is 0.368. The normalized spacial score (nSPS) is 15.5. The van der Waals surface area contributed by atoms with Gasteiger partial charge in [-0.15, -0.1) is 0 Å². The van der Waals surface area contributed by atoms with Crippen molar-refractivity contribution >= 4 is 32.4 Å². The molecule has 0 aliphatic heterocycles. The Labute approximate surface area is 157 Å². The van der Waals surface area contributed by atoms with E-state index in [1.54, 1.807) is 42.1 Å². The molecule has 0 spiro atoms. The Hall–Kier alpha value is -2.61. The molecular weight excluding hydrogens is 364 g/mol. The van der Waals surface area contributed by atoms with E-state index >= 15 is 0 Å². The summed E-state index contributed by atoms with van der Waals surface area (Å²) in [4.78, 5) is 17.4. The van der Waals surface area contributed by atoms with E-state index in [0.29, 0.717) is 5.82 Å². The number of sulfone groups is 1. The summed E-state index contributed by atoms with van der Waals surface area (Å²) in [6.07, 6.45) is 7.23. The molecule has 1 fully saturated rings. The van der Waals surface area contributed by atoms with Crippen molar-refractivity contribution in [1.29, 1.82) is 0 Å². The fourth-order valence-corrected chi connectivity index (χ4v) is 4.40. The number of hydrogen-bond acceptors (Lipinski definition) is 5. The van der Waals surface area contributed by atoms with Gasteiger partial charge >= 0.3 is 5.69 Å². The molecule has 1 aliphatic carbocycles.